The summed E-state index contributed by atoms with van der Waals surface area (Å²) in [6, 6.07) is 0. The molecule has 0 radical (unpaired) electrons. The Hall–Kier alpha value is -0.870. The van der Waals surface area contributed by atoms with Crippen molar-refractivity contribution in [2.45, 2.75) is 110 Å². The van der Waals surface area contributed by atoms with Crippen LogP contribution in [0.3, 0.4) is 0 Å². The second-order valence-electron chi connectivity index (χ2n) is 7.84. The highest BCUT2D eigenvalue weighted by Crippen LogP contribution is 2.09. The summed E-state index contributed by atoms with van der Waals surface area (Å²) < 4.78 is 0. The number of hydrogen-bond acceptors (Lipinski definition) is 3. The molecule has 0 aliphatic carbocycles. The van der Waals surface area contributed by atoms with E-state index in [-0.39, 0.29) is 6.10 Å². The van der Waals surface area contributed by atoms with Crippen LogP contribution < -0.4 is 0 Å². The molecule has 0 aromatic carbocycles. The zero-order valence-corrected chi connectivity index (χ0v) is 18.6. The summed E-state index contributed by atoms with van der Waals surface area (Å²) in [6.45, 7) is 4.79. The molecule has 0 aromatic heterocycles. The predicted octanol–water partition coefficient (Wildman–Crippen LogP) is 6.04. The lowest BCUT2D eigenvalue weighted by molar-refractivity contribution is -0.137. The monoisotopic (exact) mass is 385 g/mol. The fraction of sp³-hybridized carbons (Fsp3) is 0.870. The van der Waals surface area contributed by atoms with Gasteiger partial charge in [-0.25, -0.2) is 0 Å². The molecule has 1 unspecified atom stereocenters. The van der Waals surface area contributed by atoms with Gasteiger partial charge in [0.1, 0.15) is 0 Å². The first kappa shape index (κ1) is 28.3. The zero-order valence-electron chi connectivity index (χ0n) is 18.6. The van der Waals surface area contributed by atoms with Crippen LogP contribution in [-0.4, -0.2) is 47.8 Å². The van der Waals surface area contributed by atoms with E-state index in [2.05, 4.69) is 19.1 Å². The van der Waals surface area contributed by atoms with Gasteiger partial charge in [0.25, 0.3) is 0 Å². The minimum absolute atomic E-state index is 0.199. The second kappa shape index (κ2) is 23.2. The largest absolute Gasteiger partial charge is 0.481 e. The number of aliphatic hydroxyl groups excluding tert-OH is 1. The predicted molar refractivity (Wildman–Crippen MR) is 117 cm³/mol. The van der Waals surface area contributed by atoms with Gasteiger partial charge in [-0.05, 0) is 53.1 Å². The summed E-state index contributed by atoms with van der Waals surface area (Å²) in [5, 5.41) is 17.2. The van der Waals surface area contributed by atoms with Gasteiger partial charge in [0.2, 0.25) is 0 Å². The molecule has 0 saturated carbocycles. The number of carboxylic acids is 1. The van der Waals surface area contributed by atoms with Crippen molar-refractivity contribution in [1.82, 2.24) is 4.90 Å². The summed E-state index contributed by atoms with van der Waals surface area (Å²) in [5.74, 6) is -0.664. The molecular formula is C23H47NO3. The van der Waals surface area contributed by atoms with Crippen LogP contribution >= 0.6 is 0 Å². The van der Waals surface area contributed by atoms with E-state index in [1.807, 2.05) is 19.0 Å². The van der Waals surface area contributed by atoms with Crippen molar-refractivity contribution in [2.75, 3.05) is 20.6 Å². The minimum atomic E-state index is -0.664. The van der Waals surface area contributed by atoms with Crippen molar-refractivity contribution in [1.29, 1.82) is 0 Å². The third-order valence-corrected chi connectivity index (χ3v) is 4.28. The van der Waals surface area contributed by atoms with Crippen LogP contribution in [0.4, 0.5) is 0 Å². The Kier molecular flexibility index (Phi) is 24.3. The van der Waals surface area contributed by atoms with E-state index >= 15 is 0 Å². The maximum atomic E-state index is 10.3. The molecule has 0 spiro atoms. The standard InChI is InChI=1S/C18H34O2.C5H13NO/c1-2-3-4-5-6-7-8-9-10-11-12-13-14-15-16-17-18(19)20;1-5(7)4-6(2)3/h9-10H,2-8,11-17H2,1H3,(H,19,20);5,7H,4H2,1-3H3. The van der Waals surface area contributed by atoms with Crippen LogP contribution in [-0.2, 0) is 4.79 Å². The first-order valence-electron chi connectivity index (χ1n) is 11.1. The van der Waals surface area contributed by atoms with E-state index in [0.29, 0.717) is 6.42 Å². The summed E-state index contributed by atoms with van der Waals surface area (Å²) in [7, 11) is 3.87. The van der Waals surface area contributed by atoms with Crippen molar-refractivity contribution in [3.8, 4) is 0 Å². The lowest BCUT2D eigenvalue weighted by Crippen LogP contribution is -2.22. The van der Waals surface area contributed by atoms with Gasteiger partial charge < -0.3 is 15.1 Å². The van der Waals surface area contributed by atoms with Crippen molar-refractivity contribution in [2.24, 2.45) is 0 Å². The third-order valence-electron chi connectivity index (χ3n) is 4.28. The van der Waals surface area contributed by atoms with Crippen molar-refractivity contribution >= 4 is 5.97 Å². The van der Waals surface area contributed by atoms with Gasteiger partial charge in [-0.3, -0.25) is 4.79 Å². The van der Waals surface area contributed by atoms with E-state index in [1.54, 1.807) is 6.92 Å². The number of carbonyl (C=O) groups is 1. The Labute approximate surface area is 169 Å². The topological polar surface area (TPSA) is 60.8 Å². The molecular weight excluding hydrogens is 338 g/mol. The van der Waals surface area contributed by atoms with Gasteiger partial charge >= 0.3 is 5.97 Å². The van der Waals surface area contributed by atoms with Crippen molar-refractivity contribution in [3.05, 3.63) is 12.2 Å². The van der Waals surface area contributed by atoms with Crippen LogP contribution in [0, 0.1) is 0 Å². The molecule has 0 bridgehead atoms. The average molecular weight is 386 g/mol. The minimum Gasteiger partial charge on any atom is -0.481 e. The molecule has 0 fully saturated rings. The van der Waals surface area contributed by atoms with Crippen LogP contribution in [0.2, 0.25) is 0 Å². The molecule has 0 saturated heterocycles. The van der Waals surface area contributed by atoms with E-state index in [9.17, 15) is 4.79 Å². The van der Waals surface area contributed by atoms with Crippen LogP contribution in [0.1, 0.15) is 104 Å². The van der Waals surface area contributed by atoms with Gasteiger partial charge in [0, 0.05) is 13.0 Å². The fourth-order valence-corrected chi connectivity index (χ4v) is 2.88. The summed E-state index contributed by atoms with van der Waals surface area (Å²) in [6.07, 6.45) is 21.0. The maximum absolute atomic E-state index is 10.3. The first-order valence-corrected chi connectivity index (χ1v) is 11.1. The Balaban J connectivity index is 0. The average Bonchev–Trinajstić information content (AvgIpc) is 2.57. The summed E-state index contributed by atoms with van der Waals surface area (Å²) in [4.78, 5) is 12.3. The Morgan fingerprint density at radius 1 is 0.852 bits per heavy atom. The fourth-order valence-electron chi connectivity index (χ4n) is 2.88. The number of aliphatic carboxylic acids is 1. The SMILES string of the molecule is CC(O)CN(C)C.CCCCCCCCC=CCCCCCCCC(=O)O. The van der Waals surface area contributed by atoms with Crippen LogP contribution in [0.5, 0.6) is 0 Å². The van der Waals surface area contributed by atoms with E-state index in [0.717, 1.165) is 19.4 Å². The van der Waals surface area contributed by atoms with Crippen molar-refractivity contribution in [3.63, 3.8) is 0 Å². The normalized spacial score (nSPS) is 12.2. The quantitative estimate of drug-likeness (QED) is 0.237. The van der Waals surface area contributed by atoms with Crippen LogP contribution in [0.25, 0.3) is 0 Å². The molecule has 0 aromatic rings. The number of hydrogen-bond donors (Lipinski definition) is 2. The van der Waals surface area contributed by atoms with Gasteiger partial charge in [0.05, 0.1) is 6.10 Å². The van der Waals surface area contributed by atoms with E-state index < -0.39 is 5.97 Å². The molecule has 4 nitrogen and oxygen atoms in total. The van der Waals surface area contributed by atoms with Gasteiger partial charge in [-0.15, -0.1) is 0 Å². The highest BCUT2D eigenvalue weighted by Gasteiger charge is 1.96. The van der Waals surface area contributed by atoms with Crippen LogP contribution in [0.15, 0.2) is 12.2 Å². The van der Waals surface area contributed by atoms with E-state index in [1.165, 1.54) is 70.6 Å². The number of aliphatic hydroxyl groups is 1. The summed E-state index contributed by atoms with van der Waals surface area (Å²) in [5.41, 5.74) is 0. The molecule has 162 valence electrons. The molecule has 27 heavy (non-hydrogen) atoms. The lowest BCUT2D eigenvalue weighted by atomic mass is 10.1. The van der Waals surface area contributed by atoms with Gasteiger partial charge in [0.15, 0.2) is 0 Å². The number of allylic oxidation sites excluding steroid dienone is 2. The smallest absolute Gasteiger partial charge is 0.303 e. The highest BCUT2D eigenvalue weighted by molar-refractivity contribution is 5.66. The number of likely N-dealkylation sites (N-methyl/N-ethyl adjacent to an activating group) is 1. The van der Waals surface area contributed by atoms with Crippen molar-refractivity contribution < 1.29 is 15.0 Å². The number of unbranched alkanes of at least 4 members (excludes halogenated alkanes) is 11. The molecule has 4 heteroatoms. The molecule has 0 aliphatic rings. The third kappa shape index (κ3) is 33.2. The number of rotatable bonds is 17. The summed E-state index contributed by atoms with van der Waals surface area (Å²) >= 11 is 0. The Morgan fingerprint density at radius 2 is 1.30 bits per heavy atom. The zero-order chi connectivity index (χ0) is 20.8. The molecule has 0 heterocycles. The first-order chi connectivity index (χ1) is 12.9. The Morgan fingerprint density at radius 3 is 1.67 bits per heavy atom. The maximum Gasteiger partial charge on any atom is 0.303 e. The molecule has 0 rings (SSSR count). The Bertz CT molecular complexity index is 322. The molecule has 0 aliphatic heterocycles. The molecule has 1 atom stereocenters. The van der Waals surface area contributed by atoms with Gasteiger partial charge in [-0.2, -0.15) is 0 Å². The van der Waals surface area contributed by atoms with E-state index in [4.69, 9.17) is 10.2 Å². The van der Waals surface area contributed by atoms with Gasteiger partial charge in [-0.1, -0.05) is 70.4 Å². The lowest BCUT2D eigenvalue weighted by Gasteiger charge is -2.10. The molecule has 0 amide bonds. The number of nitrogens with zero attached hydrogens (tertiary/aromatic N) is 1. The molecule has 2 N–H and O–H groups in total. The highest BCUT2D eigenvalue weighted by atomic mass is 16.4. The second-order valence-corrected chi connectivity index (χ2v) is 7.84. The number of carboxylic acid groups (broad SMARTS) is 1.